The highest BCUT2D eigenvalue weighted by atomic mass is 16.3. The van der Waals surface area contributed by atoms with Gasteiger partial charge in [0.25, 0.3) is 5.91 Å². The predicted molar refractivity (Wildman–Crippen MR) is 69.4 cm³/mol. The van der Waals surface area contributed by atoms with Gasteiger partial charge in [0.1, 0.15) is 5.75 Å². The molecule has 1 heterocycles. The quantitative estimate of drug-likeness (QED) is 0.790. The van der Waals surface area contributed by atoms with Crippen molar-refractivity contribution in [2.24, 2.45) is 5.92 Å². The van der Waals surface area contributed by atoms with Crippen molar-refractivity contribution in [1.29, 1.82) is 0 Å². The first kappa shape index (κ1) is 12.9. The fourth-order valence-electron chi connectivity index (χ4n) is 2.45. The minimum atomic E-state index is -0.141. The average Bonchev–Trinajstić information content (AvgIpc) is 2.54. The Bertz CT molecular complexity index is 420. The number of aromatic nitrogens is 1. The van der Waals surface area contributed by atoms with Crippen molar-refractivity contribution in [2.75, 3.05) is 0 Å². The van der Waals surface area contributed by atoms with E-state index >= 15 is 0 Å². The minimum absolute atomic E-state index is 0.0251. The van der Waals surface area contributed by atoms with E-state index in [0.29, 0.717) is 5.56 Å². The number of hydrogen-bond acceptors (Lipinski definition) is 3. The first-order valence-corrected chi connectivity index (χ1v) is 6.60. The van der Waals surface area contributed by atoms with Gasteiger partial charge in [-0.1, -0.05) is 19.8 Å². The van der Waals surface area contributed by atoms with Crippen LogP contribution >= 0.6 is 0 Å². The van der Waals surface area contributed by atoms with E-state index in [1.165, 1.54) is 37.7 Å². The summed E-state index contributed by atoms with van der Waals surface area (Å²) in [4.78, 5) is 15.8. The summed E-state index contributed by atoms with van der Waals surface area (Å²) in [6.07, 6.45) is 8.48. The number of nitrogens with one attached hydrogen (secondary N) is 1. The third-order valence-corrected chi connectivity index (χ3v) is 3.58. The van der Waals surface area contributed by atoms with Crippen LogP contribution in [0.25, 0.3) is 0 Å². The Morgan fingerprint density at radius 3 is 2.94 bits per heavy atom. The predicted octanol–water partition coefficient (Wildman–Crippen LogP) is 2.49. The second kappa shape index (κ2) is 5.85. The molecule has 2 N–H and O–H groups in total. The molecule has 0 radical (unpaired) electrons. The van der Waals surface area contributed by atoms with Gasteiger partial charge in [-0.25, -0.2) is 0 Å². The van der Waals surface area contributed by atoms with Crippen molar-refractivity contribution in [3.63, 3.8) is 0 Å². The molecule has 2 rings (SSSR count). The van der Waals surface area contributed by atoms with E-state index in [0.717, 1.165) is 18.8 Å². The molecule has 0 saturated heterocycles. The fraction of sp³-hybridized carbons (Fsp3) is 0.571. The second-order valence-electron chi connectivity index (χ2n) is 5.22. The monoisotopic (exact) mass is 248 g/mol. The Morgan fingerprint density at radius 2 is 2.17 bits per heavy atom. The molecule has 0 aromatic carbocycles. The third kappa shape index (κ3) is 3.45. The topological polar surface area (TPSA) is 62.2 Å². The smallest absolute Gasteiger partial charge is 0.253 e. The number of nitrogens with zero attached hydrogens (tertiary/aromatic N) is 1. The standard InChI is InChI=1S/C14H20N2O2/c1-10-3-2-4-12(6-5-10)16-14(18)11-7-13(17)9-15-8-11/h7-10,12,17H,2-6H2,1H3,(H,16,18). The second-order valence-corrected chi connectivity index (χ2v) is 5.22. The third-order valence-electron chi connectivity index (χ3n) is 3.58. The van der Waals surface area contributed by atoms with Crippen LogP contribution in [0.4, 0.5) is 0 Å². The van der Waals surface area contributed by atoms with Crippen LogP contribution in [0.3, 0.4) is 0 Å². The van der Waals surface area contributed by atoms with Crippen LogP contribution in [0.5, 0.6) is 5.75 Å². The summed E-state index contributed by atoms with van der Waals surface area (Å²) in [5, 5.41) is 12.3. The molecular weight excluding hydrogens is 228 g/mol. The summed E-state index contributed by atoms with van der Waals surface area (Å²) in [7, 11) is 0. The Morgan fingerprint density at radius 1 is 1.33 bits per heavy atom. The van der Waals surface area contributed by atoms with Gasteiger partial charge in [0.15, 0.2) is 0 Å². The summed E-state index contributed by atoms with van der Waals surface area (Å²) < 4.78 is 0. The molecule has 1 aliphatic carbocycles. The molecule has 1 aromatic heterocycles. The van der Waals surface area contributed by atoms with Gasteiger partial charge in [0.05, 0.1) is 11.8 Å². The summed E-state index contributed by atoms with van der Waals surface area (Å²) >= 11 is 0. The van der Waals surface area contributed by atoms with Crippen LogP contribution in [-0.4, -0.2) is 22.0 Å². The van der Waals surface area contributed by atoms with Crippen molar-refractivity contribution in [1.82, 2.24) is 10.3 Å². The van der Waals surface area contributed by atoms with E-state index in [1.54, 1.807) is 0 Å². The first-order chi connectivity index (χ1) is 8.65. The van der Waals surface area contributed by atoms with Gasteiger partial charge in [-0.15, -0.1) is 0 Å². The van der Waals surface area contributed by atoms with Gasteiger partial charge < -0.3 is 10.4 Å². The normalized spacial score (nSPS) is 24.3. The van der Waals surface area contributed by atoms with E-state index in [9.17, 15) is 9.90 Å². The van der Waals surface area contributed by atoms with E-state index in [-0.39, 0.29) is 17.7 Å². The van der Waals surface area contributed by atoms with Crippen LogP contribution in [0.1, 0.15) is 49.4 Å². The van der Waals surface area contributed by atoms with E-state index in [1.807, 2.05) is 0 Å². The molecule has 0 bridgehead atoms. The van der Waals surface area contributed by atoms with Gasteiger partial charge in [-0.2, -0.15) is 0 Å². The number of carbonyl (C=O) groups is 1. The molecule has 1 aliphatic rings. The Hall–Kier alpha value is -1.58. The van der Waals surface area contributed by atoms with Crippen LogP contribution < -0.4 is 5.32 Å². The Kier molecular flexibility index (Phi) is 4.18. The maximum atomic E-state index is 12.0. The van der Waals surface area contributed by atoms with E-state index in [2.05, 4.69) is 17.2 Å². The molecule has 2 atom stereocenters. The molecular formula is C14H20N2O2. The highest BCUT2D eigenvalue weighted by Gasteiger charge is 2.18. The first-order valence-electron chi connectivity index (χ1n) is 6.60. The zero-order valence-corrected chi connectivity index (χ0v) is 10.7. The van der Waals surface area contributed by atoms with E-state index in [4.69, 9.17) is 0 Å². The largest absolute Gasteiger partial charge is 0.506 e. The van der Waals surface area contributed by atoms with Crippen molar-refractivity contribution in [3.05, 3.63) is 24.0 Å². The molecule has 18 heavy (non-hydrogen) atoms. The van der Waals surface area contributed by atoms with Crippen LogP contribution in [-0.2, 0) is 0 Å². The summed E-state index contributed by atoms with van der Waals surface area (Å²) in [5.74, 6) is 0.643. The van der Waals surface area contributed by atoms with Gasteiger partial charge in [0, 0.05) is 12.2 Å². The van der Waals surface area contributed by atoms with Crippen LogP contribution in [0.2, 0.25) is 0 Å². The average molecular weight is 248 g/mol. The molecule has 1 aromatic rings. The summed E-state index contributed by atoms with van der Waals surface area (Å²) in [6.45, 7) is 2.27. The molecule has 1 fully saturated rings. The molecule has 0 spiro atoms. The summed E-state index contributed by atoms with van der Waals surface area (Å²) in [6, 6.07) is 1.70. The zero-order chi connectivity index (χ0) is 13.0. The molecule has 0 aliphatic heterocycles. The van der Waals surface area contributed by atoms with Crippen molar-refractivity contribution in [2.45, 2.75) is 45.1 Å². The van der Waals surface area contributed by atoms with Gasteiger partial charge >= 0.3 is 0 Å². The zero-order valence-electron chi connectivity index (χ0n) is 10.7. The van der Waals surface area contributed by atoms with Crippen molar-refractivity contribution >= 4 is 5.91 Å². The van der Waals surface area contributed by atoms with E-state index < -0.39 is 0 Å². The highest BCUT2D eigenvalue weighted by Crippen LogP contribution is 2.22. The maximum absolute atomic E-state index is 12.0. The lowest BCUT2D eigenvalue weighted by atomic mass is 10.0. The molecule has 4 nitrogen and oxygen atoms in total. The highest BCUT2D eigenvalue weighted by molar-refractivity contribution is 5.94. The van der Waals surface area contributed by atoms with Gasteiger partial charge in [-0.05, 0) is 31.2 Å². The number of carbonyl (C=O) groups excluding carboxylic acids is 1. The van der Waals surface area contributed by atoms with Crippen molar-refractivity contribution in [3.8, 4) is 5.75 Å². The number of pyridine rings is 1. The lowest BCUT2D eigenvalue weighted by Crippen LogP contribution is -2.34. The lowest BCUT2D eigenvalue weighted by Gasteiger charge is -2.16. The Labute approximate surface area is 107 Å². The SMILES string of the molecule is CC1CCCC(NC(=O)c2cncc(O)c2)CC1. The lowest BCUT2D eigenvalue weighted by molar-refractivity contribution is 0.0932. The van der Waals surface area contributed by atoms with Gasteiger partial charge in [-0.3, -0.25) is 9.78 Å². The Balaban J connectivity index is 1.94. The number of aromatic hydroxyl groups is 1. The molecule has 4 heteroatoms. The van der Waals surface area contributed by atoms with Crippen LogP contribution in [0, 0.1) is 5.92 Å². The fourth-order valence-corrected chi connectivity index (χ4v) is 2.45. The minimum Gasteiger partial charge on any atom is -0.506 e. The molecule has 1 saturated carbocycles. The molecule has 2 unspecified atom stereocenters. The number of rotatable bonds is 2. The summed E-state index contributed by atoms with van der Waals surface area (Å²) in [5.41, 5.74) is 0.423. The maximum Gasteiger partial charge on any atom is 0.253 e. The van der Waals surface area contributed by atoms with Crippen LogP contribution in [0.15, 0.2) is 18.5 Å². The molecule has 98 valence electrons. The number of hydrogen-bond donors (Lipinski definition) is 2. The molecule has 1 amide bonds. The number of amides is 1. The van der Waals surface area contributed by atoms with Crippen molar-refractivity contribution < 1.29 is 9.90 Å². The van der Waals surface area contributed by atoms with Gasteiger partial charge in [0.2, 0.25) is 0 Å².